The molecular weight excluding hydrogens is 326 g/mol. The molecule has 0 aromatic heterocycles. The molecule has 1 aromatic rings. The Balaban J connectivity index is 2.19. The van der Waals surface area contributed by atoms with E-state index in [-0.39, 0.29) is 5.91 Å². The molecule has 0 saturated carbocycles. The van der Waals surface area contributed by atoms with Gasteiger partial charge in [-0.2, -0.15) is 0 Å². The van der Waals surface area contributed by atoms with Crippen LogP contribution >= 0.6 is 15.9 Å². The van der Waals surface area contributed by atoms with Gasteiger partial charge in [0.25, 0.3) is 5.91 Å². The summed E-state index contributed by atoms with van der Waals surface area (Å²) in [6, 6.07) is 5.02. The number of rotatable bonds is 5. The first-order valence-corrected chi connectivity index (χ1v) is 6.89. The standard InChI is InChI=1S/C13H16BrN3O3/c1-19-6-5-15-13-16-11(12(18)17-13)9-7-8(14)3-4-10(9)20-2/h3-4,7,11H,5-6H2,1-2H3,(H2,15,16,17,18). The molecule has 1 heterocycles. The lowest BCUT2D eigenvalue weighted by atomic mass is 10.1. The number of ether oxygens (including phenoxy) is 2. The van der Waals surface area contributed by atoms with Crippen molar-refractivity contribution in [3.63, 3.8) is 0 Å². The van der Waals surface area contributed by atoms with Crippen molar-refractivity contribution < 1.29 is 14.3 Å². The lowest BCUT2D eigenvalue weighted by Gasteiger charge is -2.13. The van der Waals surface area contributed by atoms with E-state index in [9.17, 15) is 4.79 Å². The number of amides is 1. The van der Waals surface area contributed by atoms with Crippen molar-refractivity contribution in [2.75, 3.05) is 27.4 Å². The normalized spacial score (nSPS) is 19.9. The molecule has 1 fully saturated rings. The summed E-state index contributed by atoms with van der Waals surface area (Å²) in [6.45, 7) is 0.993. The largest absolute Gasteiger partial charge is 0.496 e. The van der Waals surface area contributed by atoms with E-state index < -0.39 is 6.04 Å². The zero-order chi connectivity index (χ0) is 14.5. The molecule has 0 aliphatic carbocycles. The van der Waals surface area contributed by atoms with Gasteiger partial charge in [0.1, 0.15) is 11.8 Å². The van der Waals surface area contributed by atoms with Crippen LogP contribution in [-0.4, -0.2) is 39.2 Å². The number of halogens is 1. The summed E-state index contributed by atoms with van der Waals surface area (Å²) < 4.78 is 11.1. The van der Waals surface area contributed by atoms with E-state index in [4.69, 9.17) is 9.47 Å². The van der Waals surface area contributed by atoms with Crippen LogP contribution in [-0.2, 0) is 9.53 Å². The van der Waals surface area contributed by atoms with E-state index in [1.54, 1.807) is 14.2 Å². The van der Waals surface area contributed by atoms with Crippen LogP contribution in [0.3, 0.4) is 0 Å². The minimum Gasteiger partial charge on any atom is -0.496 e. The summed E-state index contributed by atoms with van der Waals surface area (Å²) in [5, 5.41) is 5.76. The second-order valence-electron chi connectivity index (χ2n) is 4.18. The Morgan fingerprint density at radius 1 is 1.40 bits per heavy atom. The quantitative estimate of drug-likeness (QED) is 0.790. The number of benzene rings is 1. The Hall–Kier alpha value is -1.60. The minimum absolute atomic E-state index is 0.155. The zero-order valence-electron chi connectivity index (χ0n) is 11.3. The van der Waals surface area contributed by atoms with Crippen LogP contribution in [0, 0.1) is 0 Å². The van der Waals surface area contributed by atoms with Crippen LogP contribution in [0.15, 0.2) is 27.7 Å². The van der Waals surface area contributed by atoms with E-state index >= 15 is 0 Å². The Bertz CT molecular complexity index is 534. The minimum atomic E-state index is -0.510. The van der Waals surface area contributed by atoms with Gasteiger partial charge < -0.3 is 14.8 Å². The summed E-state index contributed by atoms with van der Waals surface area (Å²) in [4.78, 5) is 16.3. The molecule has 2 rings (SSSR count). The molecule has 20 heavy (non-hydrogen) atoms. The first-order chi connectivity index (χ1) is 9.65. The van der Waals surface area contributed by atoms with Gasteiger partial charge >= 0.3 is 0 Å². The highest BCUT2D eigenvalue weighted by Crippen LogP contribution is 2.29. The third-order valence-corrected chi connectivity index (χ3v) is 3.35. The number of nitrogens with zero attached hydrogens (tertiary/aromatic N) is 1. The maximum Gasteiger partial charge on any atom is 0.254 e. The second kappa shape index (κ2) is 6.71. The average molecular weight is 342 g/mol. The molecular formula is C13H16BrN3O3. The van der Waals surface area contributed by atoms with Crippen molar-refractivity contribution in [2.24, 2.45) is 4.99 Å². The summed E-state index contributed by atoms with van der Waals surface area (Å²) in [5.41, 5.74) is 0.760. The number of methoxy groups -OCH3 is 2. The summed E-state index contributed by atoms with van der Waals surface area (Å²) >= 11 is 3.40. The fourth-order valence-corrected chi connectivity index (χ4v) is 2.29. The molecule has 7 heteroatoms. The lowest BCUT2D eigenvalue weighted by Crippen LogP contribution is -2.26. The van der Waals surface area contributed by atoms with Gasteiger partial charge in [-0.05, 0) is 18.2 Å². The highest BCUT2D eigenvalue weighted by molar-refractivity contribution is 9.10. The van der Waals surface area contributed by atoms with Gasteiger partial charge in [0.2, 0.25) is 0 Å². The van der Waals surface area contributed by atoms with E-state index in [1.807, 2.05) is 18.2 Å². The van der Waals surface area contributed by atoms with Crippen molar-refractivity contribution in [1.82, 2.24) is 10.6 Å². The first kappa shape index (κ1) is 14.8. The molecule has 0 bridgehead atoms. The number of nitrogens with one attached hydrogen (secondary N) is 2. The van der Waals surface area contributed by atoms with Crippen LogP contribution in [0.25, 0.3) is 0 Å². The van der Waals surface area contributed by atoms with E-state index in [2.05, 4.69) is 31.6 Å². The number of carbonyl (C=O) groups excluding carboxylic acids is 1. The van der Waals surface area contributed by atoms with Crippen molar-refractivity contribution in [2.45, 2.75) is 6.04 Å². The van der Waals surface area contributed by atoms with Crippen LogP contribution < -0.4 is 15.4 Å². The Morgan fingerprint density at radius 2 is 2.20 bits per heavy atom. The molecule has 1 atom stereocenters. The molecule has 1 saturated heterocycles. The predicted octanol–water partition coefficient (Wildman–Crippen LogP) is 1.22. The van der Waals surface area contributed by atoms with Gasteiger partial charge in [-0.25, -0.2) is 0 Å². The topological polar surface area (TPSA) is 72.0 Å². The fourth-order valence-electron chi connectivity index (χ4n) is 1.91. The molecule has 1 aliphatic rings. The molecule has 1 amide bonds. The molecule has 1 unspecified atom stereocenters. The van der Waals surface area contributed by atoms with E-state index in [0.29, 0.717) is 24.9 Å². The molecule has 6 nitrogen and oxygen atoms in total. The number of carbonyl (C=O) groups is 1. The highest BCUT2D eigenvalue weighted by Gasteiger charge is 2.31. The van der Waals surface area contributed by atoms with Crippen LogP contribution in [0.1, 0.15) is 11.6 Å². The fraction of sp³-hybridized carbons (Fsp3) is 0.385. The summed E-state index contributed by atoms with van der Waals surface area (Å²) in [5.74, 6) is 0.954. The van der Waals surface area contributed by atoms with Crippen LogP contribution in [0.5, 0.6) is 5.75 Å². The summed E-state index contributed by atoms with van der Waals surface area (Å²) in [7, 11) is 3.18. The van der Waals surface area contributed by atoms with Crippen molar-refractivity contribution >= 4 is 27.8 Å². The Labute approximate surface area is 125 Å². The SMILES string of the molecule is COCCN=C1NC(=O)C(c2cc(Br)ccc2OC)N1. The number of guanidine groups is 1. The molecule has 2 N–H and O–H groups in total. The van der Waals surface area contributed by atoms with Gasteiger partial charge in [0.15, 0.2) is 5.96 Å². The van der Waals surface area contributed by atoms with Gasteiger partial charge in [0, 0.05) is 17.1 Å². The van der Waals surface area contributed by atoms with Gasteiger partial charge in [-0.15, -0.1) is 0 Å². The average Bonchev–Trinajstić information content (AvgIpc) is 2.80. The number of hydrogen-bond donors (Lipinski definition) is 2. The number of hydrogen-bond acceptors (Lipinski definition) is 4. The van der Waals surface area contributed by atoms with E-state index in [1.165, 1.54) is 0 Å². The van der Waals surface area contributed by atoms with Crippen LogP contribution in [0.2, 0.25) is 0 Å². The maximum absolute atomic E-state index is 12.0. The maximum atomic E-state index is 12.0. The smallest absolute Gasteiger partial charge is 0.254 e. The Kier molecular flexibility index (Phi) is 4.97. The zero-order valence-corrected chi connectivity index (χ0v) is 12.9. The molecule has 1 aliphatic heterocycles. The Morgan fingerprint density at radius 3 is 2.90 bits per heavy atom. The van der Waals surface area contributed by atoms with Crippen molar-refractivity contribution in [1.29, 1.82) is 0 Å². The summed E-state index contributed by atoms with van der Waals surface area (Å²) in [6.07, 6.45) is 0. The lowest BCUT2D eigenvalue weighted by molar-refractivity contribution is -0.120. The monoisotopic (exact) mass is 341 g/mol. The first-order valence-electron chi connectivity index (χ1n) is 6.10. The van der Waals surface area contributed by atoms with Crippen molar-refractivity contribution in [3.8, 4) is 5.75 Å². The van der Waals surface area contributed by atoms with Crippen LogP contribution in [0.4, 0.5) is 0 Å². The molecule has 108 valence electrons. The molecule has 0 radical (unpaired) electrons. The molecule has 0 spiro atoms. The van der Waals surface area contributed by atoms with Gasteiger partial charge in [-0.3, -0.25) is 15.1 Å². The van der Waals surface area contributed by atoms with Crippen molar-refractivity contribution in [3.05, 3.63) is 28.2 Å². The molecule has 1 aromatic carbocycles. The second-order valence-corrected chi connectivity index (χ2v) is 5.09. The predicted molar refractivity (Wildman–Crippen MR) is 78.9 cm³/mol. The van der Waals surface area contributed by atoms with Gasteiger partial charge in [-0.1, -0.05) is 15.9 Å². The van der Waals surface area contributed by atoms with Gasteiger partial charge in [0.05, 0.1) is 20.3 Å². The third-order valence-electron chi connectivity index (χ3n) is 2.85. The van der Waals surface area contributed by atoms with E-state index in [0.717, 1.165) is 10.0 Å². The third kappa shape index (κ3) is 3.29. The highest BCUT2D eigenvalue weighted by atomic mass is 79.9. The number of aliphatic imine (C=N–C) groups is 1.